The molecule has 0 aliphatic heterocycles. The lowest BCUT2D eigenvalue weighted by Gasteiger charge is -2.46. The van der Waals surface area contributed by atoms with E-state index in [1.54, 1.807) is 0 Å². The van der Waals surface area contributed by atoms with Crippen molar-refractivity contribution in [2.24, 2.45) is 5.41 Å². The van der Waals surface area contributed by atoms with Crippen LogP contribution in [0.5, 0.6) is 0 Å². The first-order chi connectivity index (χ1) is 12.9. The third kappa shape index (κ3) is 4.00. The Hall–Kier alpha value is -2.34. The Kier molecular flexibility index (Phi) is 5.85. The smallest absolute Gasteiger partial charge is 0.0225 e. The molecule has 0 radical (unpaired) electrons. The summed E-state index contributed by atoms with van der Waals surface area (Å²) in [5, 5.41) is 0. The topological polar surface area (TPSA) is 0 Å². The fraction of sp³-hybridized carbons (Fsp3) is 0.333. The standard InChI is InChI=1S/C27H32/c1-22-14-11-12-15-23(22)16-13-21-26(2,3)27(4,24-17-7-5-8-18-24)25-19-9-6-10-20-25/h5-12,14-15,17-20H,13,16,21H2,1-4H3. The molecular formula is C27H32. The van der Waals surface area contributed by atoms with Gasteiger partial charge in [0.2, 0.25) is 0 Å². The molecule has 3 rings (SSSR count). The highest BCUT2D eigenvalue weighted by Crippen LogP contribution is 2.49. The zero-order valence-corrected chi connectivity index (χ0v) is 17.2. The molecule has 0 atom stereocenters. The molecule has 0 unspecified atom stereocenters. The molecular weight excluding hydrogens is 324 g/mol. The van der Waals surface area contributed by atoms with Crippen LogP contribution in [0.4, 0.5) is 0 Å². The van der Waals surface area contributed by atoms with Gasteiger partial charge in [-0.05, 0) is 53.9 Å². The van der Waals surface area contributed by atoms with Crippen LogP contribution in [-0.2, 0) is 11.8 Å². The van der Waals surface area contributed by atoms with Crippen molar-refractivity contribution in [2.75, 3.05) is 0 Å². The highest BCUT2D eigenvalue weighted by molar-refractivity contribution is 5.41. The van der Waals surface area contributed by atoms with Gasteiger partial charge >= 0.3 is 0 Å². The van der Waals surface area contributed by atoms with Crippen molar-refractivity contribution >= 4 is 0 Å². The molecule has 3 aromatic rings. The predicted octanol–water partition coefficient (Wildman–Crippen LogP) is 7.35. The van der Waals surface area contributed by atoms with Gasteiger partial charge in [0.1, 0.15) is 0 Å². The second kappa shape index (κ2) is 8.13. The van der Waals surface area contributed by atoms with Crippen molar-refractivity contribution in [3.63, 3.8) is 0 Å². The summed E-state index contributed by atoms with van der Waals surface area (Å²) in [4.78, 5) is 0. The van der Waals surface area contributed by atoms with E-state index in [0.717, 1.165) is 6.42 Å². The largest absolute Gasteiger partial charge is 0.0622 e. The van der Waals surface area contributed by atoms with Crippen LogP contribution in [0.15, 0.2) is 84.9 Å². The Morgan fingerprint density at radius 2 is 1.11 bits per heavy atom. The Morgan fingerprint density at radius 3 is 1.63 bits per heavy atom. The van der Waals surface area contributed by atoms with Gasteiger partial charge in [-0.25, -0.2) is 0 Å². The normalized spacial score (nSPS) is 12.1. The van der Waals surface area contributed by atoms with Crippen LogP contribution in [0, 0.1) is 12.3 Å². The molecule has 0 aromatic heterocycles. The van der Waals surface area contributed by atoms with E-state index in [1.807, 2.05) is 0 Å². The minimum Gasteiger partial charge on any atom is -0.0622 e. The van der Waals surface area contributed by atoms with Crippen molar-refractivity contribution in [3.05, 3.63) is 107 Å². The first kappa shape index (κ1) is 19.4. The quantitative estimate of drug-likeness (QED) is 0.415. The van der Waals surface area contributed by atoms with Crippen LogP contribution in [0.1, 0.15) is 55.9 Å². The van der Waals surface area contributed by atoms with Gasteiger partial charge in [-0.1, -0.05) is 106 Å². The van der Waals surface area contributed by atoms with Crippen LogP contribution >= 0.6 is 0 Å². The monoisotopic (exact) mass is 356 g/mol. The van der Waals surface area contributed by atoms with Crippen LogP contribution < -0.4 is 0 Å². The maximum Gasteiger partial charge on any atom is 0.0225 e. The minimum absolute atomic E-state index is 0.0265. The lowest BCUT2D eigenvalue weighted by Crippen LogP contribution is -2.40. The van der Waals surface area contributed by atoms with Crippen molar-refractivity contribution in [1.29, 1.82) is 0 Å². The van der Waals surface area contributed by atoms with Crippen LogP contribution in [0.3, 0.4) is 0 Å². The summed E-state index contributed by atoms with van der Waals surface area (Å²) >= 11 is 0. The first-order valence-corrected chi connectivity index (χ1v) is 10.1. The summed E-state index contributed by atoms with van der Waals surface area (Å²) in [6, 6.07) is 30.8. The van der Waals surface area contributed by atoms with Gasteiger partial charge in [0.05, 0.1) is 0 Å². The molecule has 27 heavy (non-hydrogen) atoms. The Balaban J connectivity index is 1.88. The molecule has 0 saturated carbocycles. The molecule has 0 aliphatic carbocycles. The fourth-order valence-corrected chi connectivity index (χ4v) is 4.35. The lowest BCUT2D eigenvalue weighted by molar-refractivity contribution is 0.196. The predicted molar refractivity (Wildman–Crippen MR) is 117 cm³/mol. The molecule has 0 bridgehead atoms. The summed E-state index contributed by atoms with van der Waals surface area (Å²) in [7, 11) is 0. The summed E-state index contributed by atoms with van der Waals surface area (Å²) in [6.07, 6.45) is 3.53. The van der Waals surface area contributed by atoms with Gasteiger partial charge in [0, 0.05) is 5.41 Å². The van der Waals surface area contributed by atoms with Gasteiger partial charge in [-0.15, -0.1) is 0 Å². The van der Waals surface area contributed by atoms with Crippen molar-refractivity contribution in [2.45, 2.75) is 52.4 Å². The Bertz CT molecular complexity index is 804. The zero-order chi connectivity index (χ0) is 19.3. The van der Waals surface area contributed by atoms with E-state index in [-0.39, 0.29) is 10.8 Å². The number of hydrogen-bond acceptors (Lipinski definition) is 0. The number of hydrogen-bond donors (Lipinski definition) is 0. The van der Waals surface area contributed by atoms with E-state index < -0.39 is 0 Å². The summed E-state index contributed by atoms with van der Waals surface area (Å²) in [6.45, 7) is 9.51. The van der Waals surface area contributed by atoms with E-state index in [2.05, 4.69) is 113 Å². The van der Waals surface area contributed by atoms with Crippen molar-refractivity contribution in [1.82, 2.24) is 0 Å². The van der Waals surface area contributed by atoms with Gasteiger partial charge in [0.15, 0.2) is 0 Å². The van der Waals surface area contributed by atoms with E-state index in [4.69, 9.17) is 0 Å². The molecule has 0 amide bonds. The number of rotatable bonds is 7. The molecule has 0 heteroatoms. The average molecular weight is 357 g/mol. The third-order valence-corrected chi connectivity index (χ3v) is 6.56. The van der Waals surface area contributed by atoms with E-state index in [1.165, 1.54) is 35.1 Å². The molecule has 140 valence electrons. The maximum absolute atomic E-state index is 2.44. The zero-order valence-electron chi connectivity index (χ0n) is 17.2. The lowest BCUT2D eigenvalue weighted by atomic mass is 9.58. The summed E-state index contributed by atoms with van der Waals surface area (Å²) in [5.74, 6) is 0. The highest BCUT2D eigenvalue weighted by atomic mass is 14.5. The van der Waals surface area contributed by atoms with E-state index >= 15 is 0 Å². The van der Waals surface area contributed by atoms with Crippen molar-refractivity contribution < 1.29 is 0 Å². The van der Waals surface area contributed by atoms with E-state index in [0.29, 0.717) is 0 Å². The van der Waals surface area contributed by atoms with Crippen LogP contribution in [0.25, 0.3) is 0 Å². The molecule has 0 fully saturated rings. The molecule has 3 aromatic carbocycles. The fourth-order valence-electron chi connectivity index (χ4n) is 4.35. The van der Waals surface area contributed by atoms with Gasteiger partial charge < -0.3 is 0 Å². The molecule has 0 nitrogen and oxygen atoms in total. The molecule has 0 spiro atoms. The number of aryl methyl sites for hydroxylation is 2. The summed E-state index contributed by atoms with van der Waals surface area (Å²) in [5.41, 5.74) is 5.80. The minimum atomic E-state index is -0.0265. The van der Waals surface area contributed by atoms with E-state index in [9.17, 15) is 0 Å². The van der Waals surface area contributed by atoms with Crippen LogP contribution in [0.2, 0.25) is 0 Å². The Labute approximate surface area is 165 Å². The highest BCUT2D eigenvalue weighted by Gasteiger charge is 2.43. The third-order valence-electron chi connectivity index (χ3n) is 6.56. The second-order valence-corrected chi connectivity index (χ2v) is 8.52. The second-order valence-electron chi connectivity index (χ2n) is 8.52. The summed E-state index contributed by atoms with van der Waals surface area (Å²) < 4.78 is 0. The SMILES string of the molecule is Cc1ccccc1CCCC(C)(C)C(C)(c1ccccc1)c1ccccc1. The van der Waals surface area contributed by atoms with Gasteiger partial charge in [-0.2, -0.15) is 0 Å². The Morgan fingerprint density at radius 1 is 0.630 bits per heavy atom. The van der Waals surface area contributed by atoms with Crippen LogP contribution in [-0.4, -0.2) is 0 Å². The number of benzene rings is 3. The average Bonchev–Trinajstić information content (AvgIpc) is 2.70. The first-order valence-electron chi connectivity index (χ1n) is 10.1. The van der Waals surface area contributed by atoms with Gasteiger partial charge in [0.25, 0.3) is 0 Å². The van der Waals surface area contributed by atoms with Crippen molar-refractivity contribution in [3.8, 4) is 0 Å². The molecule has 0 saturated heterocycles. The van der Waals surface area contributed by atoms with Gasteiger partial charge in [-0.3, -0.25) is 0 Å². The molecule has 0 N–H and O–H groups in total. The maximum atomic E-state index is 2.44. The molecule has 0 heterocycles. The molecule has 0 aliphatic rings.